The highest BCUT2D eigenvalue weighted by atomic mass is 19.2. The second-order valence-corrected chi connectivity index (χ2v) is 7.08. The summed E-state index contributed by atoms with van der Waals surface area (Å²) in [6, 6.07) is 8.17. The Bertz CT molecular complexity index is 947. The van der Waals surface area contributed by atoms with Crippen molar-refractivity contribution >= 4 is 23.2 Å². The van der Waals surface area contributed by atoms with E-state index in [0.29, 0.717) is 11.1 Å². The van der Waals surface area contributed by atoms with Gasteiger partial charge >= 0.3 is 0 Å². The number of hydrogen-bond donors (Lipinski definition) is 1. The van der Waals surface area contributed by atoms with Crippen molar-refractivity contribution in [2.75, 3.05) is 23.3 Å². The van der Waals surface area contributed by atoms with Crippen molar-refractivity contribution in [1.82, 2.24) is 4.90 Å². The van der Waals surface area contributed by atoms with E-state index in [0.717, 1.165) is 50.2 Å². The van der Waals surface area contributed by atoms with Crippen molar-refractivity contribution in [3.8, 4) is 0 Å². The van der Waals surface area contributed by atoms with Gasteiger partial charge in [-0.2, -0.15) is 0 Å². The summed E-state index contributed by atoms with van der Waals surface area (Å²) in [4.78, 5) is 29.6. The highest BCUT2D eigenvalue weighted by Gasteiger charge is 2.38. The van der Waals surface area contributed by atoms with E-state index < -0.39 is 17.5 Å². The number of benzene rings is 2. The van der Waals surface area contributed by atoms with Crippen molar-refractivity contribution in [3.05, 3.63) is 59.2 Å². The van der Waals surface area contributed by atoms with Crippen LogP contribution in [0.15, 0.2) is 36.4 Å². The van der Waals surface area contributed by atoms with E-state index in [1.54, 1.807) is 18.2 Å². The van der Waals surface area contributed by atoms with Crippen LogP contribution < -0.4 is 10.2 Å². The second kappa shape index (κ2) is 7.22. The van der Waals surface area contributed by atoms with Crippen LogP contribution in [0, 0.1) is 11.6 Å². The third kappa shape index (κ3) is 3.10. The van der Waals surface area contributed by atoms with Crippen molar-refractivity contribution in [3.63, 3.8) is 0 Å². The molecule has 2 amide bonds. The maximum atomic E-state index is 13.4. The Hall–Kier alpha value is -2.96. The van der Waals surface area contributed by atoms with Crippen LogP contribution in [0.2, 0.25) is 0 Å². The summed E-state index contributed by atoms with van der Waals surface area (Å²) in [5.41, 5.74) is 1.86. The van der Waals surface area contributed by atoms with Crippen molar-refractivity contribution in [2.24, 2.45) is 0 Å². The van der Waals surface area contributed by atoms with Crippen molar-refractivity contribution in [2.45, 2.75) is 32.4 Å². The number of amides is 2. The standard InChI is InChI=1S/C21H21F2N3O2/c1-2-25-18-11-13(20(27)24-14-7-9-16(22)17(23)12-14)6-8-15(18)21(28)26-10-4-3-5-19(25)26/h6-9,11-12,19H,2-5,10H2,1H3,(H,24,27)/t19-/m0/s1. The molecule has 0 bridgehead atoms. The van der Waals surface area contributed by atoms with Gasteiger partial charge in [0.2, 0.25) is 0 Å². The minimum Gasteiger partial charge on any atom is -0.351 e. The quantitative estimate of drug-likeness (QED) is 0.869. The molecule has 0 unspecified atom stereocenters. The van der Waals surface area contributed by atoms with Crippen LogP contribution in [0.1, 0.15) is 46.9 Å². The topological polar surface area (TPSA) is 52.7 Å². The van der Waals surface area contributed by atoms with Crippen LogP contribution in [0.5, 0.6) is 0 Å². The van der Waals surface area contributed by atoms with Gasteiger partial charge in [-0.25, -0.2) is 8.78 Å². The van der Waals surface area contributed by atoms with E-state index >= 15 is 0 Å². The molecule has 0 saturated carbocycles. The van der Waals surface area contributed by atoms with Crippen molar-refractivity contribution < 1.29 is 18.4 Å². The molecule has 1 saturated heterocycles. The van der Waals surface area contributed by atoms with Gasteiger partial charge in [0.15, 0.2) is 11.6 Å². The molecular weight excluding hydrogens is 364 g/mol. The Morgan fingerprint density at radius 3 is 2.71 bits per heavy atom. The summed E-state index contributed by atoms with van der Waals surface area (Å²) in [5.74, 6) is -2.44. The van der Waals surface area contributed by atoms with Crippen molar-refractivity contribution in [1.29, 1.82) is 0 Å². The molecule has 2 aliphatic rings. The lowest BCUT2D eigenvalue weighted by Crippen LogP contribution is -2.57. The molecule has 1 atom stereocenters. The number of hydrogen-bond acceptors (Lipinski definition) is 3. The fourth-order valence-corrected chi connectivity index (χ4v) is 4.04. The molecule has 7 heteroatoms. The van der Waals surface area contributed by atoms with Gasteiger partial charge in [0, 0.05) is 30.4 Å². The molecule has 1 N–H and O–H groups in total. The number of carbonyl (C=O) groups excluding carboxylic acids is 2. The average Bonchev–Trinajstić information content (AvgIpc) is 2.71. The number of halogens is 2. The van der Waals surface area contributed by atoms with Crippen LogP contribution in [0.4, 0.5) is 20.2 Å². The molecule has 28 heavy (non-hydrogen) atoms. The monoisotopic (exact) mass is 385 g/mol. The van der Waals surface area contributed by atoms with Gasteiger partial charge in [-0.1, -0.05) is 0 Å². The number of carbonyl (C=O) groups is 2. The summed E-state index contributed by atoms with van der Waals surface area (Å²) in [6.07, 6.45) is 2.99. The van der Waals surface area contributed by atoms with Gasteiger partial charge in [-0.3, -0.25) is 9.59 Å². The molecule has 2 aromatic rings. The number of rotatable bonds is 3. The van der Waals surface area contributed by atoms with Gasteiger partial charge in [0.1, 0.15) is 6.17 Å². The van der Waals surface area contributed by atoms with E-state index in [2.05, 4.69) is 10.2 Å². The maximum Gasteiger partial charge on any atom is 0.257 e. The van der Waals surface area contributed by atoms with Crippen LogP contribution in [-0.2, 0) is 0 Å². The molecule has 5 nitrogen and oxygen atoms in total. The van der Waals surface area contributed by atoms with Crippen LogP contribution in [0.25, 0.3) is 0 Å². The van der Waals surface area contributed by atoms with Gasteiger partial charge in [-0.05, 0) is 56.5 Å². The molecule has 0 spiro atoms. The Balaban J connectivity index is 1.65. The first kappa shape index (κ1) is 18.4. The summed E-state index contributed by atoms with van der Waals surface area (Å²) in [6.45, 7) is 3.49. The maximum absolute atomic E-state index is 13.4. The molecule has 0 aliphatic carbocycles. The smallest absolute Gasteiger partial charge is 0.257 e. The molecule has 2 aliphatic heterocycles. The highest BCUT2D eigenvalue weighted by molar-refractivity contribution is 6.08. The first-order valence-corrected chi connectivity index (χ1v) is 9.47. The Labute approximate surface area is 161 Å². The summed E-state index contributed by atoms with van der Waals surface area (Å²) >= 11 is 0. The third-order valence-corrected chi connectivity index (χ3v) is 5.41. The van der Waals surface area contributed by atoms with Crippen LogP contribution >= 0.6 is 0 Å². The zero-order valence-corrected chi connectivity index (χ0v) is 15.5. The average molecular weight is 385 g/mol. The molecule has 4 rings (SSSR count). The fraction of sp³-hybridized carbons (Fsp3) is 0.333. The number of piperidine rings is 1. The highest BCUT2D eigenvalue weighted by Crippen LogP contribution is 2.35. The molecule has 1 fully saturated rings. The minimum atomic E-state index is -1.02. The SMILES string of the molecule is CCN1c2cc(C(=O)Nc3ccc(F)c(F)c3)ccc2C(=O)N2CCCC[C@H]21. The predicted molar refractivity (Wildman–Crippen MR) is 102 cm³/mol. The van der Waals surface area contributed by atoms with E-state index in [1.165, 1.54) is 6.07 Å². The molecule has 0 radical (unpaired) electrons. The molecular formula is C21H21F2N3O2. The van der Waals surface area contributed by atoms with Gasteiger partial charge in [0.25, 0.3) is 11.8 Å². The Morgan fingerprint density at radius 2 is 1.96 bits per heavy atom. The summed E-state index contributed by atoms with van der Waals surface area (Å²) in [7, 11) is 0. The number of fused-ring (bicyclic) bond motifs is 2. The van der Waals surface area contributed by atoms with Gasteiger partial charge in [-0.15, -0.1) is 0 Å². The van der Waals surface area contributed by atoms with E-state index in [1.807, 2.05) is 11.8 Å². The molecule has 2 aromatic carbocycles. The number of nitrogens with zero attached hydrogens (tertiary/aromatic N) is 2. The lowest BCUT2D eigenvalue weighted by molar-refractivity contribution is 0.0582. The van der Waals surface area contributed by atoms with Crippen LogP contribution in [-0.4, -0.2) is 36.0 Å². The third-order valence-electron chi connectivity index (χ3n) is 5.41. The number of nitrogens with one attached hydrogen (secondary N) is 1. The lowest BCUT2D eigenvalue weighted by atomic mass is 9.97. The minimum absolute atomic E-state index is 0.00281. The molecule has 2 heterocycles. The van der Waals surface area contributed by atoms with E-state index in [-0.39, 0.29) is 17.8 Å². The Morgan fingerprint density at radius 1 is 1.14 bits per heavy atom. The normalized spacial score (nSPS) is 18.5. The van der Waals surface area contributed by atoms with Crippen LogP contribution in [0.3, 0.4) is 0 Å². The zero-order chi connectivity index (χ0) is 19.8. The second-order valence-electron chi connectivity index (χ2n) is 7.08. The molecule has 146 valence electrons. The number of anilines is 2. The first-order valence-electron chi connectivity index (χ1n) is 9.47. The van der Waals surface area contributed by atoms with E-state index in [4.69, 9.17) is 0 Å². The van der Waals surface area contributed by atoms with Gasteiger partial charge in [0.05, 0.1) is 11.3 Å². The van der Waals surface area contributed by atoms with E-state index in [9.17, 15) is 18.4 Å². The zero-order valence-electron chi connectivity index (χ0n) is 15.5. The Kier molecular flexibility index (Phi) is 4.75. The summed E-state index contributed by atoms with van der Waals surface area (Å²) in [5, 5.41) is 2.57. The largest absolute Gasteiger partial charge is 0.351 e. The predicted octanol–water partition coefficient (Wildman–Crippen LogP) is 4.01. The fourth-order valence-electron chi connectivity index (χ4n) is 4.04. The lowest BCUT2D eigenvalue weighted by Gasteiger charge is -2.47. The van der Waals surface area contributed by atoms with Gasteiger partial charge < -0.3 is 15.1 Å². The first-order chi connectivity index (χ1) is 13.5. The summed E-state index contributed by atoms with van der Waals surface area (Å²) < 4.78 is 26.5. The molecule has 0 aromatic heterocycles.